The van der Waals surface area contributed by atoms with Crippen molar-refractivity contribution in [1.82, 2.24) is 5.32 Å². The molecule has 1 aliphatic carbocycles. The van der Waals surface area contributed by atoms with E-state index in [2.05, 4.69) is 10.3 Å². The molecule has 0 saturated heterocycles. The summed E-state index contributed by atoms with van der Waals surface area (Å²) in [6.45, 7) is 9.26. The van der Waals surface area contributed by atoms with Crippen LogP contribution in [0.4, 0.5) is 8.78 Å². The van der Waals surface area contributed by atoms with Gasteiger partial charge in [-0.25, -0.2) is 13.8 Å². The van der Waals surface area contributed by atoms with Gasteiger partial charge in [0.15, 0.2) is 0 Å². The first-order valence-electron chi connectivity index (χ1n) is 9.09. The molecule has 0 heterocycles. The number of halogens is 2. The van der Waals surface area contributed by atoms with E-state index in [9.17, 15) is 13.6 Å². The lowest BCUT2D eigenvalue weighted by atomic mass is 10.0. The van der Waals surface area contributed by atoms with Crippen molar-refractivity contribution in [1.29, 1.82) is 5.26 Å². The first-order valence-corrected chi connectivity index (χ1v) is 9.09. The molecular weight excluding hydrogens is 362 g/mol. The Morgan fingerprint density at radius 2 is 1.89 bits per heavy atom. The minimum Gasteiger partial charge on any atom is -0.401 e. The predicted molar refractivity (Wildman–Crippen MR) is 107 cm³/mol. The number of carbonyl (C=O) groups excluding carboxylic acids is 1. The second-order valence-electron chi connectivity index (χ2n) is 6.84. The number of nitrogens with one attached hydrogen (secondary N) is 1. The van der Waals surface area contributed by atoms with Crippen LogP contribution in [0.1, 0.15) is 41.0 Å². The van der Waals surface area contributed by atoms with Gasteiger partial charge in [-0.05, 0) is 56.9 Å². The van der Waals surface area contributed by atoms with E-state index in [1.807, 2.05) is 26.8 Å². The zero-order chi connectivity index (χ0) is 21.6. The average molecular weight is 390 g/mol. The summed E-state index contributed by atoms with van der Waals surface area (Å²) in [4.78, 5) is 16.1. The van der Waals surface area contributed by atoms with Gasteiger partial charge >= 0.3 is 0 Å². The largest absolute Gasteiger partial charge is 0.401 e. The van der Waals surface area contributed by atoms with E-state index >= 15 is 0 Å². The lowest BCUT2D eigenvalue weighted by molar-refractivity contribution is -0.121. The standard InChI is InChI=1S/C21H28F2N4O/c1-7-8-13(3)17(27-20(28)18-16(11-24)21(18,22)23)10-9-12(2)14(4)19(26-6)15(5)25/h8-10,16,18,26H,7,25H2,1-6H3/b10-9-,13-8+,14-12-,19-15+,27-17?. The number of likely N-dealkylation sites (N-methyl/N-ethyl adjacent to an activating group) is 1. The summed E-state index contributed by atoms with van der Waals surface area (Å²) in [5.74, 6) is -7.52. The Kier molecular flexibility index (Phi) is 7.86. The van der Waals surface area contributed by atoms with Crippen molar-refractivity contribution < 1.29 is 13.6 Å². The number of carbonyl (C=O) groups is 1. The maximum absolute atomic E-state index is 13.6. The van der Waals surface area contributed by atoms with E-state index < -0.39 is 23.7 Å². The zero-order valence-corrected chi connectivity index (χ0v) is 17.2. The van der Waals surface area contributed by atoms with Gasteiger partial charge in [-0.1, -0.05) is 19.1 Å². The topological polar surface area (TPSA) is 91.3 Å². The van der Waals surface area contributed by atoms with Crippen molar-refractivity contribution in [3.63, 3.8) is 0 Å². The molecule has 7 heteroatoms. The predicted octanol–water partition coefficient (Wildman–Crippen LogP) is 4.02. The molecule has 1 aliphatic rings. The third-order valence-corrected chi connectivity index (χ3v) is 4.71. The monoisotopic (exact) mass is 390 g/mol. The number of nitrogens with zero attached hydrogens (tertiary/aromatic N) is 2. The average Bonchev–Trinajstić information content (AvgIpc) is 3.19. The van der Waals surface area contributed by atoms with Gasteiger partial charge in [0.25, 0.3) is 11.8 Å². The van der Waals surface area contributed by atoms with Crippen LogP contribution in [0.25, 0.3) is 0 Å². The fourth-order valence-electron chi connectivity index (χ4n) is 2.86. The number of rotatable bonds is 7. The van der Waals surface area contributed by atoms with Gasteiger partial charge < -0.3 is 11.1 Å². The van der Waals surface area contributed by atoms with Crippen LogP contribution >= 0.6 is 0 Å². The smallest absolute Gasteiger partial charge is 0.277 e. The molecule has 152 valence electrons. The highest BCUT2D eigenvalue weighted by atomic mass is 19.3. The Balaban J connectivity index is 3.26. The Labute approximate surface area is 165 Å². The molecule has 2 unspecified atom stereocenters. The Morgan fingerprint density at radius 3 is 2.32 bits per heavy atom. The number of amides is 1. The van der Waals surface area contributed by atoms with Gasteiger partial charge in [0.1, 0.15) is 11.8 Å². The fraction of sp³-hybridized carbons (Fsp3) is 0.476. The summed E-state index contributed by atoms with van der Waals surface area (Å²) >= 11 is 0. The molecular formula is C21H28F2N4O. The number of nitriles is 1. The summed E-state index contributed by atoms with van der Waals surface area (Å²) in [6.07, 6.45) is 5.96. The summed E-state index contributed by atoms with van der Waals surface area (Å²) in [7, 11) is 1.77. The maximum atomic E-state index is 13.6. The molecule has 0 aliphatic heterocycles. The molecule has 0 spiro atoms. The highest BCUT2D eigenvalue weighted by molar-refractivity contribution is 6.13. The van der Waals surface area contributed by atoms with Crippen molar-refractivity contribution in [3.8, 4) is 6.07 Å². The number of nitrogens with two attached hydrogens (primary N) is 1. The molecule has 3 N–H and O–H groups in total. The number of allylic oxidation sites excluding steroid dienone is 7. The molecule has 1 amide bonds. The van der Waals surface area contributed by atoms with Crippen molar-refractivity contribution in [3.05, 3.63) is 46.3 Å². The summed E-state index contributed by atoms with van der Waals surface area (Å²) in [5.41, 5.74) is 10.1. The van der Waals surface area contributed by atoms with Crippen LogP contribution in [-0.2, 0) is 4.79 Å². The van der Waals surface area contributed by atoms with Crippen LogP contribution in [0.5, 0.6) is 0 Å². The molecule has 2 atom stereocenters. The number of hydrogen-bond acceptors (Lipinski definition) is 4. The van der Waals surface area contributed by atoms with Gasteiger partial charge in [0, 0.05) is 12.7 Å². The first kappa shape index (κ1) is 23.3. The van der Waals surface area contributed by atoms with Gasteiger partial charge in [0.2, 0.25) is 0 Å². The highest BCUT2D eigenvalue weighted by Gasteiger charge is 2.73. The molecule has 1 rings (SSSR count). The van der Waals surface area contributed by atoms with Crippen LogP contribution < -0.4 is 11.1 Å². The van der Waals surface area contributed by atoms with Crippen LogP contribution in [0.2, 0.25) is 0 Å². The molecule has 28 heavy (non-hydrogen) atoms. The van der Waals surface area contributed by atoms with E-state index in [0.29, 0.717) is 23.4 Å². The highest BCUT2D eigenvalue weighted by Crippen LogP contribution is 2.55. The molecule has 0 aromatic rings. The second-order valence-corrected chi connectivity index (χ2v) is 6.84. The van der Waals surface area contributed by atoms with Crippen molar-refractivity contribution >= 4 is 11.6 Å². The molecule has 0 aromatic carbocycles. The quantitative estimate of drug-likeness (QED) is 0.507. The molecule has 5 nitrogen and oxygen atoms in total. The third kappa shape index (κ3) is 5.16. The molecule has 0 bridgehead atoms. The van der Waals surface area contributed by atoms with Gasteiger partial charge in [-0.2, -0.15) is 5.26 Å². The van der Waals surface area contributed by atoms with Gasteiger partial charge in [0.05, 0.1) is 17.5 Å². The van der Waals surface area contributed by atoms with E-state index in [1.54, 1.807) is 33.0 Å². The minimum atomic E-state index is -3.30. The lowest BCUT2D eigenvalue weighted by Crippen LogP contribution is -2.14. The van der Waals surface area contributed by atoms with Gasteiger partial charge in [-0.3, -0.25) is 4.79 Å². The normalized spacial score (nSPS) is 23.7. The number of aliphatic imine (C=N–C) groups is 1. The maximum Gasteiger partial charge on any atom is 0.277 e. The zero-order valence-electron chi connectivity index (χ0n) is 17.2. The van der Waals surface area contributed by atoms with E-state index in [0.717, 1.165) is 16.8 Å². The number of hydrogen-bond donors (Lipinski definition) is 2. The molecule has 0 aromatic heterocycles. The minimum absolute atomic E-state index is 0.304. The summed E-state index contributed by atoms with van der Waals surface area (Å²) in [6, 6.07) is 1.48. The van der Waals surface area contributed by atoms with Crippen molar-refractivity contribution in [2.75, 3.05) is 7.05 Å². The van der Waals surface area contributed by atoms with Crippen LogP contribution in [0.3, 0.4) is 0 Å². The Bertz CT molecular complexity index is 822. The van der Waals surface area contributed by atoms with Crippen molar-refractivity contribution in [2.45, 2.75) is 47.0 Å². The van der Waals surface area contributed by atoms with Crippen LogP contribution in [0.15, 0.2) is 51.3 Å². The summed E-state index contributed by atoms with van der Waals surface area (Å²) < 4.78 is 27.1. The SMILES string of the molecule is CC/C=C(\C)C(\C=C/C(C)=C(C)\C(NC)=C(\C)N)=NC(=O)C1C(C#N)C1(F)F. The number of alkyl halides is 2. The van der Waals surface area contributed by atoms with E-state index in [1.165, 1.54) is 6.07 Å². The van der Waals surface area contributed by atoms with E-state index in [4.69, 9.17) is 11.0 Å². The molecule has 1 saturated carbocycles. The molecule has 1 fully saturated rings. The lowest BCUT2D eigenvalue weighted by Gasteiger charge is -2.12. The second kappa shape index (κ2) is 9.45. The van der Waals surface area contributed by atoms with Gasteiger partial charge in [-0.15, -0.1) is 0 Å². The fourth-order valence-corrected chi connectivity index (χ4v) is 2.86. The van der Waals surface area contributed by atoms with Crippen LogP contribution in [0, 0.1) is 23.2 Å². The van der Waals surface area contributed by atoms with Crippen molar-refractivity contribution in [2.24, 2.45) is 22.6 Å². The molecule has 0 radical (unpaired) electrons. The Morgan fingerprint density at radius 1 is 1.29 bits per heavy atom. The van der Waals surface area contributed by atoms with E-state index in [-0.39, 0.29) is 0 Å². The Hall–Kier alpha value is -2.75. The third-order valence-electron chi connectivity index (χ3n) is 4.71. The van der Waals surface area contributed by atoms with Crippen LogP contribution in [-0.4, -0.2) is 24.6 Å². The summed E-state index contributed by atoms with van der Waals surface area (Å²) in [5, 5.41) is 11.8. The first-order chi connectivity index (χ1) is 13.0.